The Kier molecular flexibility index (Phi) is 3.90. The van der Waals surface area contributed by atoms with Gasteiger partial charge in [-0.15, -0.1) is 0 Å². The fourth-order valence-corrected chi connectivity index (χ4v) is 4.05. The maximum absolute atomic E-state index is 9.99. The van der Waals surface area contributed by atoms with Gasteiger partial charge in [0.25, 0.3) is 0 Å². The highest BCUT2D eigenvalue weighted by Gasteiger charge is 2.31. The third-order valence-electron chi connectivity index (χ3n) is 5.70. The van der Waals surface area contributed by atoms with Crippen molar-refractivity contribution in [2.24, 2.45) is 7.05 Å². The van der Waals surface area contributed by atoms with Crippen molar-refractivity contribution >= 4 is 27.9 Å². The topological polar surface area (TPSA) is 104 Å². The average Bonchev–Trinajstić information content (AvgIpc) is 3.40. The second kappa shape index (κ2) is 6.39. The summed E-state index contributed by atoms with van der Waals surface area (Å²) in [4.78, 5) is 9.30. The van der Waals surface area contributed by atoms with Crippen molar-refractivity contribution in [3.8, 4) is 23.4 Å². The second-order valence-corrected chi connectivity index (χ2v) is 7.75. The summed E-state index contributed by atoms with van der Waals surface area (Å²) in [7, 11) is 3.53. The molecule has 0 amide bonds. The third-order valence-corrected chi connectivity index (χ3v) is 5.70. The van der Waals surface area contributed by atoms with Crippen LogP contribution in [0.15, 0.2) is 18.5 Å². The lowest BCUT2D eigenvalue weighted by atomic mass is 10.1. The molecule has 0 atom stereocenters. The number of nitrogens with zero attached hydrogens (tertiary/aromatic N) is 5. The number of nitriles is 1. The standard InChI is InChI=1S/C22H22N6O2/c1-11-5-8-15(29-4)12(2)18(11)28-19-16(14(9-23)20(28)24)22(30-13-6-7-13)26-21-17(19)25-10-27(21)3/h5,8,10,13H,6-7,24H2,1-4H3. The SMILES string of the molecule is COc1ccc(C)c(-n2c(N)c(C#N)c3c(OC4CC4)nc4c(ncn4C)c32)c1C. The fraction of sp³-hybridized carbons (Fsp3) is 0.318. The van der Waals surface area contributed by atoms with Gasteiger partial charge in [0.15, 0.2) is 5.65 Å². The number of ether oxygens (including phenoxy) is 2. The van der Waals surface area contributed by atoms with Gasteiger partial charge in [-0.25, -0.2) is 4.98 Å². The number of pyridine rings is 1. The number of methoxy groups -OCH3 is 1. The first kappa shape index (κ1) is 18.3. The van der Waals surface area contributed by atoms with Crippen molar-refractivity contribution in [2.45, 2.75) is 32.8 Å². The van der Waals surface area contributed by atoms with E-state index in [0.29, 0.717) is 33.8 Å². The number of aryl methyl sites for hydroxylation is 2. The number of anilines is 1. The number of nitrogen functional groups attached to an aromatic ring is 1. The monoisotopic (exact) mass is 402 g/mol. The van der Waals surface area contributed by atoms with Crippen LogP contribution in [-0.2, 0) is 7.05 Å². The molecule has 0 unspecified atom stereocenters. The van der Waals surface area contributed by atoms with E-state index in [-0.39, 0.29) is 6.10 Å². The predicted molar refractivity (Wildman–Crippen MR) is 114 cm³/mol. The van der Waals surface area contributed by atoms with Crippen LogP contribution in [0.4, 0.5) is 5.82 Å². The molecular weight excluding hydrogens is 380 g/mol. The average molecular weight is 402 g/mol. The molecule has 0 spiro atoms. The molecule has 1 aromatic carbocycles. The molecule has 8 heteroatoms. The van der Waals surface area contributed by atoms with Gasteiger partial charge in [0.1, 0.15) is 34.8 Å². The molecule has 1 aliphatic rings. The van der Waals surface area contributed by atoms with E-state index in [0.717, 1.165) is 40.9 Å². The number of fused-ring (bicyclic) bond motifs is 3. The van der Waals surface area contributed by atoms with E-state index in [1.165, 1.54) is 0 Å². The number of hydrogen-bond acceptors (Lipinski definition) is 6. The lowest BCUT2D eigenvalue weighted by molar-refractivity contribution is 0.296. The number of aromatic nitrogens is 4. The minimum absolute atomic E-state index is 0.128. The molecule has 2 N–H and O–H groups in total. The maximum atomic E-state index is 9.99. The van der Waals surface area contributed by atoms with Gasteiger partial charge in [0, 0.05) is 12.6 Å². The zero-order valence-electron chi connectivity index (χ0n) is 17.4. The Balaban J connectivity index is 1.99. The van der Waals surface area contributed by atoms with Crippen LogP contribution < -0.4 is 15.2 Å². The molecule has 5 rings (SSSR count). The van der Waals surface area contributed by atoms with Gasteiger partial charge in [-0.3, -0.25) is 4.57 Å². The van der Waals surface area contributed by atoms with Crippen molar-refractivity contribution in [1.82, 2.24) is 19.1 Å². The van der Waals surface area contributed by atoms with E-state index in [1.807, 2.05) is 42.2 Å². The summed E-state index contributed by atoms with van der Waals surface area (Å²) in [6, 6.07) is 6.18. The molecule has 8 nitrogen and oxygen atoms in total. The van der Waals surface area contributed by atoms with Crippen LogP contribution in [-0.4, -0.2) is 32.3 Å². The van der Waals surface area contributed by atoms with Crippen LogP contribution in [0.25, 0.3) is 27.8 Å². The van der Waals surface area contributed by atoms with Gasteiger partial charge in [0.2, 0.25) is 5.88 Å². The van der Waals surface area contributed by atoms with Crippen LogP contribution in [0.5, 0.6) is 11.6 Å². The Bertz CT molecular complexity index is 1370. The minimum Gasteiger partial charge on any atom is -0.496 e. The van der Waals surface area contributed by atoms with Crippen LogP contribution in [0.2, 0.25) is 0 Å². The Morgan fingerprint density at radius 3 is 2.70 bits per heavy atom. The van der Waals surface area contributed by atoms with E-state index < -0.39 is 0 Å². The predicted octanol–water partition coefficient (Wildman–Crippen LogP) is 3.53. The molecule has 4 aromatic rings. The summed E-state index contributed by atoms with van der Waals surface area (Å²) in [5.74, 6) is 1.52. The lowest BCUT2D eigenvalue weighted by Crippen LogP contribution is -2.06. The number of benzene rings is 1. The van der Waals surface area contributed by atoms with Gasteiger partial charge in [-0.05, 0) is 38.3 Å². The number of rotatable bonds is 4. The summed E-state index contributed by atoms with van der Waals surface area (Å²) in [5.41, 5.74) is 11.8. The third kappa shape index (κ3) is 2.45. The minimum atomic E-state index is 0.128. The maximum Gasteiger partial charge on any atom is 0.226 e. The molecular formula is C22H22N6O2. The Morgan fingerprint density at radius 1 is 1.27 bits per heavy atom. The van der Waals surface area contributed by atoms with E-state index in [2.05, 4.69) is 11.1 Å². The highest BCUT2D eigenvalue weighted by molar-refractivity contribution is 6.09. The Labute approximate surface area is 173 Å². The zero-order valence-corrected chi connectivity index (χ0v) is 17.4. The molecule has 1 aliphatic carbocycles. The molecule has 0 aliphatic heterocycles. The van der Waals surface area contributed by atoms with E-state index in [4.69, 9.17) is 20.2 Å². The molecule has 3 heterocycles. The van der Waals surface area contributed by atoms with Crippen LogP contribution in [0, 0.1) is 25.2 Å². The van der Waals surface area contributed by atoms with Gasteiger partial charge in [-0.1, -0.05) is 6.07 Å². The highest BCUT2D eigenvalue weighted by Crippen LogP contribution is 2.43. The van der Waals surface area contributed by atoms with Crippen molar-refractivity contribution in [3.63, 3.8) is 0 Å². The first-order valence-electron chi connectivity index (χ1n) is 9.82. The summed E-state index contributed by atoms with van der Waals surface area (Å²) in [5, 5.41) is 10.6. The quantitative estimate of drug-likeness (QED) is 0.560. The smallest absolute Gasteiger partial charge is 0.226 e. The largest absolute Gasteiger partial charge is 0.496 e. The van der Waals surface area contributed by atoms with E-state index in [1.54, 1.807) is 13.4 Å². The van der Waals surface area contributed by atoms with Crippen molar-refractivity contribution in [3.05, 3.63) is 35.2 Å². The van der Waals surface area contributed by atoms with Crippen molar-refractivity contribution in [2.75, 3.05) is 12.8 Å². The molecule has 30 heavy (non-hydrogen) atoms. The normalized spacial score (nSPS) is 13.7. The zero-order chi connectivity index (χ0) is 21.2. The number of imidazole rings is 1. The van der Waals surface area contributed by atoms with Gasteiger partial charge < -0.3 is 19.8 Å². The van der Waals surface area contributed by atoms with Gasteiger partial charge in [-0.2, -0.15) is 10.2 Å². The molecule has 0 saturated heterocycles. The first-order valence-corrected chi connectivity index (χ1v) is 9.82. The van der Waals surface area contributed by atoms with Crippen LogP contribution >= 0.6 is 0 Å². The van der Waals surface area contributed by atoms with Crippen LogP contribution in [0.1, 0.15) is 29.5 Å². The summed E-state index contributed by atoms with van der Waals surface area (Å²) in [6.45, 7) is 3.99. The summed E-state index contributed by atoms with van der Waals surface area (Å²) in [6.07, 6.45) is 3.81. The highest BCUT2D eigenvalue weighted by atomic mass is 16.5. The molecule has 152 valence electrons. The van der Waals surface area contributed by atoms with E-state index in [9.17, 15) is 5.26 Å². The molecule has 3 aromatic heterocycles. The Hall–Kier alpha value is -3.73. The Morgan fingerprint density at radius 2 is 2.03 bits per heavy atom. The van der Waals surface area contributed by atoms with Gasteiger partial charge in [0.05, 0.1) is 30.0 Å². The molecule has 0 radical (unpaired) electrons. The number of hydrogen-bond donors (Lipinski definition) is 1. The van der Waals surface area contributed by atoms with E-state index >= 15 is 0 Å². The molecule has 1 saturated carbocycles. The molecule has 1 fully saturated rings. The first-order chi connectivity index (χ1) is 14.5. The summed E-state index contributed by atoms with van der Waals surface area (Å²) >= 11 is 0. The summed E-state index contributed by atoms with van der Waals surface area (Å²) < 4.78 is 15.4. The number of nitrogens with two attached hydrogens (primary N) is 1. The van der Waals surface area contributed by atoms with Crippen molar-refractivity contribution < 1.29 is 9.47 Å². The lowest BCUT2D eigenvalue weighted by Gasteiger charge is -2.17. The van der Waals surface area contributed by atoms with Gasteiger partial charge >= 0.3 is 0 Å². The second-order valence-electron chi connectivity index (χ2n) is 7.75. The van der Waals surface area contributed by atoms with Crippen molar-refractivity contribution in [1.29, 1.82) is 5.26 Å². The fourth-order valence-electron chi connectivity index (χ4n) is 4.05. The van der Waals surface area contributed by atoms with Crippen LogP contribution in [0.3, 0.4) is 0 Å². The molecule has 0 bridgehead atoms.